The third-order valence-electron chi connectivity index (χ3n) is 3.59. The number of nitrogens with one attached hydrogen (secondary N) is 1. The molecule has 3 N–H and O–H groups in total. The molecule has 106 valence electrons. The highest BCUT2D eigenvalue weighted by molar-refractivity contribution is 6.33. The summed E-state index contributed by atoms with van der Waals surface area (Å²) in [6, 6.07) is 16.0. The van der Waals surface area contributed by atoms with Gasteiger partial charge in [0.2, 0.25) is 0 Å². The maximum atomic E-state index is 6.30. The van der Waals surface area contributed by atoms with Gasteiger partial charge < -0.3 is 5.73 Å². The molecule has 4 heteroatoms. The Labute approximate surface area is 128 Å². The monoisotopic (exact) mass is 297 g/mol. The van der Waals surface area contributed by atoms with Gasteiger partial charge in [-0.1, -0.05) is 61.0 Å². The summed E-state index contributed by atoms with van der Waals surface area (Å²) in [6.07, 6.45) is 1.02. The Kier molecular flexibility index (Phi) is 3.67. The fourth-order valence-electron chi connectivity index (χ4n) is 2.41. The molecular weight excluding hydrogens is 282 g/mol. The Morgan fingerprint density at radius 1 is 1.10 bits per heavy atom. The summed E-state index contributed by atoms with van der Waals surface area (Å²) in [5.74, 6) is 0.456. The second-order valence-corrected chi connectivity index (χ2v) is 5.30. The van der Waals surface area contributed by atoms with Crippen LogP contribution in [0.1, 0.15) is 12.5 Å². The van der Waals surface area contributed by atoms with E-state index >= 15 is 0 Å². The number of nitrogens with zero attached hydrogens (tertiary/aromatic N) is 1. The first-order valence-corrected chi connectivity index (χ1v) is 7.26. The number of H-pyrrole nitrogens is 1. The van der Waals surface area contributed by atoms with Crippen LogP contribution in [0.4, 0.5) is 5.82 Å². The Morgan fingerprint density at radius 2 is 1.81 bits per heavy atom. The number of rotatable bonds is 3. The van der Waals surface area contributed by atoms with E-state index in [2.05, 4.69) is 41.4 Å². The third-order valence-corrected chi connectivity index (χ3v) is 3.92. The number of aromatic nitrogens is 2. The first-order valence-electron chi connectivity index (χ1n) is 6.88. The van der Waals surface area contributed by atoms with Gasteiger partial charge in [0.25, 0.3) is 0 Å². The molecule has 21 heavy (non-hydrogen) atoms. The van der Waals surface area contributed by atoms with Crippen LogP contribution in [-0.2, 0) is 6.42 Å². The minimum absolute atomic E-state index is 0.456. The minimum atomic E-state index is 0.456. The number of nitrogens with two attached hydrogens (primary N) is 1. The van der Waals surface area contributed by atoms with Crippen LogP contribution in [0.2, 0.25) is 5.02 Å². The third kappa shape index (κ3) is 2.52. The van der Waals surface area contributed by atoms with E-state index in [1.807, 2.05) is 24.3 Å². The van der Waals surface area contributed by atoms with Crippen molar-refractivity contribution in [1.29, 1.82) is 0 Å². The second kappa shape index (κ2) is 5.62. The molecular formula is C17H16ClN3. The molecule has 0 saturated carbocycles. The van der Waals surface area contributed by atoms with Crippen molar-refractivity contribution in [2.45, 2.75) is 13.3 Å². The normalized spacial score (nSPS) is 10.8. The summed E-state index contributed by atoms with van der Waals surface area (Å²) in [6.45, 7) is 2.14. The zero-order chi connectivity index (χ0) is 14.8. The van der Waals surface area contributed by atoms with Gasteiger partial charge in [-0.3, -0.25) is 5.10 Å². The predicted octanol–water partition coefficient (Wildman–Crippen LogP) is 4.54. The van der Waals surface area contributed by atoms with E-state index in [-0.39, 0.29) is 0 Å². The van der Waals surface area contributed by atoms with Crippen molar-refractivity contribution < 1.29 is 0 Å². The molecule has 2 aromatic carbocycles. The minimum Gasteiger partial charge on any atom is -0.382 e. The lowest BCUT2D eigenvalue weighted by Gasteiger charge is -2.07. The first-order chi connectivity index (χ1) is 10.2. The number of benzene rings is 2. The maximum absolute atomic E-state index is 6.30. The maximum Gasteiger partial charge on any atom is 0.153 e. The van der Waals surface area contributed by atoms with Gasteiger partial charge in [-0.2, -0.15) is 5.10 Å². The number of nitrogen functional groups attached to an aromatic ring is 1. The molecule has 0 unspecified atom stereocenters. The van der Waals surface area contributed by atoms with E-state index in [1.54, 1.807) is 0 Å². The molecule has 0 aliphatic heterocycles. The molecule has 0 atom stereocenters. The molecule has 0 aliphatic rings. The zero-order valence-electron chi connectivity index (χ0n) is 11.7. The van der Waals surface area contributed by atoms with Crippen molar-refractivity contribution in [3.63, 3.8) is 0 Å². The van der Waals surface area contributed by atoms with Gasteiger partial charge in [0.15, 0.2) is 5.82 Å². The van der Waals surface area contributed by atoms with E-state index in [1.165, 1.54) is 5.56 Å². The van der Waals surface area contributed by atoms with Crippen LogP contribution in [0.5, 0.6) is 0 Å². The summed E-state index contributed by atoms with van der Waals surface area (Å²) in [4.78, 5) is 0. The van der Waals surface area contributed by atoms with Crippen LogP contribution in [0, 0.1) is 0 Å². The number of aromatic amines is 1. The van der Waals surface area contributed by atoms with Gasteiger partial charge in [0.1, 0.15) is 0 Å². The number of hydrogen-bond acceptors (Lipinski definition) is 2. The Bertz CT molecular complexity index is 760. The van der Waals surface area contributed by atoms with Crippen LogP contribution in [-0.4, -0.2) is 10.2 Å². The summed E-state index contributed by atoms with van der Waals surface area (Å²) in [7, 11) is 0. The Hall–Kier alpha value is -2.26. The second-order valence-electron chi connectivity index (χ2n) is 4.89. The fraction of sp³-hybridized carbons (Fsp3) is 0.118. The molecule has 3 rings (SSSR count). The van der Waals surface area contributed by atoms with Crippen molar-refractivity contribution in [2.24, 2.45) is 0 Å². The van der Waals surface area contributed by atoms with Crippen molar-refractivity contribution in [3.05, 3.63) is 59.1 Å². The number of hydrogen-bond donors (Lipinski definition) is 2. The van der Waals surface area contributed by atoms with Crippen molar-refractivity contribution in [3.8, 4) is 22.4 Å². The summed E-state index contributed by atoms with van der Waals surface area (Å²) in [5.41, 5.74) is 11.0. The van der Waals surface area contributed by atoms with Crippen molar-refractivity contribution in [2.75, 3.05) is 5.73 Å². The molecule has 0 fully saturated rings. The van der Waals surface area contributed by atoms with E-state index < -0.39 is 0 Å². The molecule has 3 aromatic rings. The van der Waals surface area contributed by atoms with E-state index in [4.69, 9.17) is 17.3 Å². The van der Waals surface area contributed by atoms with Crippen LogP contribution in [0.3, 0.4) is 0 Å². The van der Waals surface area contributed by atoms with Crippen LogP contribution < -0.4 is 5.73 Å². The van der Waals surface area contributed by atoms with Gasteiger partial charge in [0.05, 0.1) is 11.3 Å². The molecule has 0 radical (unpaired) electrons. The Balaban J connectivity index is 2.15. The lowest BCUT2D eigenvalue weighted by molar-refractivity contribution is 1.10. The highest BCUT2D eigenvalue weighted by Crippen LogP contribution is 2.38. The molecule has 3 nitrogen and oxygen atoms in total. The molecule has 0 spiro atoms. The average Bonchev–Trinajstić information content (AvgIpc) is 2.89. The predicted molar refractivity (Wildman–Crippen MR) is 88.3 cm³/mol. The van der Waals surface area contributed by atoms with E-state index in [9.17, 15) is 0 Å². The van der Waals surface area contributed by atoms with Crippen LogP contribution >= 0.6 is 11.6 Å². The summed E-state index contributed by atoms with van der Waals surface area (Å²) < 4.78 is 0. The highest BCUT2D eigenvalue weighted by atomic mass is 35.5. The first kappa shape index (κ1) is 13.7. The van der Waals surface area contributed by atoms with Crippen LogP contribution in [0.25, 0.3) is 22.4 Å². The lowest BCUT2D eigenvalue weighted by Crippen LogP contribution is -1.90. The highest BCUT2D eigenvalue weighted by Gasteiger charge is 2.16. The number of anilines is 1. The molecule has 0 amide bonds. The van der Waals surface area contributed by atoms with Gasteiger partial charge in [-0.25, -0.2) is 0 Å². The topological polar surface area (TPSA) is 54.7 Å². The van der Waals surface area contributed by atoms with Gasteiger partial charge in [0, 0.05) is 16.1 Å². The Morgan fingerprint density at radius 3 is 2.48 bits per heavy atom. The largest absolute Gasteiger partial charge is 0.382 e. The van der Waals surface area contributed by atoms with Gasteiger partial charge >= 0.3 is 0 Å². The summed E-state index contributed by atoms with van der Waals surface area (Å²) in [5, 5.41) is 7.83. The number of aryl methyl sites for hydroxylation is 1. The lowest BCUT2D eigenvalue weighted by atomic mass is 9.99. The number of halogens is 1. The van der Waals surface area contributed by atoms with E-state index in [0.29, 0.717) is 10.8 Å². The van der Waals surface area contributed by atoms with Gasteiger partial charge in [-0.05, 0) is 18.1 Å². The molecule has 0 aliphatic carbocycles. The molecule has 1 aromatic heterocycles. The quantitative estimate of drug-likeness (QED) is 0.745. The molecule has 1 heterocycles. The molecule has 0 saturated heterocycles. The van der Waals surface area contributed by atoms with Crippen LogP contribution in [0.15, 0.2) is 48.5 Å². The fourth-order valence-corrected chi connectivity index (χ4v) is 2.64. The zero-order valence-corrected chi connectivity index (χ0v) is 12.5. The van der Waals surface area contributed by atoms with Crippen molar-refractivity contribution in [1.82, 2.24) is 10.2 Å². The summed E-state index contributed by atoms with van der Waals surface area (Å²) >= 11 is 6.30. The van der Waals surface area contributed by atoms with E-state index in [0.717, 1.165) is 28.8 Å². The smallest absolute Gasteiger partial charge is 0.153 e. The molecule has 0 bridgehead atoms. The van der Waals surface area contributed by atoms with Gasteiger partial charge in [-0.15, -0.1) is 0 Å². The SMILES string of the molecule is CCc1ccc(-c2[nH]nc(N)c2-c2ccccc2Cl)cc1. The standard InChI is InChI=1S/C17H16ClN3/c1-2-11-7-9-12(10-8-11)16-15(17(19)21-20-16)13-5-3-4-6-14(13)18/h3-10H,2H2,1H3,(H3,19,20,21). The average molecular weight is 298 g/mol. The van der Waals surface area contributed by atoms with Crippen molar-refractivity contribution >= 4 is 17.4 Å².